The molecule has 6 heteroatoms. The van der Waals surface area contributed by atoms with Crippen LogP contribution in [0.4, 0.5) is 0 Å². The van der Waals surface area contributed by atoms with Gasteiger partial charge in [-0.3, -0.25) is 0 Å². The molecule has 0 N–H and O–H groups in total. The summed E-state index contributed by atoms with van der Waals surface area (Å²) in [6.45, 7) is -0.0601. The van der Waals surface area contributed by atoms with Crippen molar-refractivity contribution in [1.82, 2.24) is 0 Å². The molecule has 2 rings (SSSR count). The van der Waals surface area contributed by atoms with E-state index < -0.39 is 0 Å². The third-order valence-electron chi connectivity index (χ3n) is 2.88. The largest absolute Gasteiger partial charge is 0.478 e. The molecule has 0 aliphatic rings. The molecule has 0 heterocycles. The van der Waals surface area contributed by atoms with Crippen LogP contribution in [0.2, 0.25) is 0 Å². The minimum absolute atomic E-state index is 0.0300. The lowest BCUT2D eigenvalue weighted by Gasteiger charge is -2.04. The van der Waals surface area contributed by atoms with Gasteiger partial charge in [0.25, 0.3) is 0 Å². The van der Waals surface area contributed by atoms with Gasteiger partial charge in [0.15, 0.2) is 13.2 Å². The smallest absolute Gasteiger partial charge is 0.174 e. The molecule has 2 aromatic rings. The molecule has 0 spiro atoms. The molecule has 0 aliphatic carbocycles. The van der Waals surface area contributed by atoms with Gasteiger partial charge in [-0.2, -0.15) is 20.7 Å². The normalized spacial score (nSPS) is 10.4. The van der Waals surface area contributed by atoms with Crippen molar-refractivity contribution in [3.63, 3.8) is 0 Å². The Balaban J connectivity index is 2.09. The van der Waals surface area contributed by atoms with Crippen LogP contribution in [-0.4, -0.2) is 25.6 Å². The van der Waals surface area contributed by atoms with Crippen LogP contribution in [-0.2, 0) is 0 Å². The van der Waals surface area contributed by atoms with Crippen LogP contribution < -0.4 is 9.47 Å². The highest BCUT2D eigenvalue weighted by molar-refractivity contribution is 5.86. The number of nitrogens with zero attached hydrogens (tertiary/aromatic N) is 4. The Morgan fingerprint density at radius 3 is 1.58 bits per heavy atom. The summed E-state index contributed by atoms with van der Waals surface area (Å²) in [5.74, 6) is 1.13. The predicted molar refractivity (Wildman–Crippen MR) is 90.3 cm³/mol. The maximum atomic E-state index is 8.58. The molecule has 24 heavy (non-hydrogen) atoms. The lowest BCUT2D eigenvalue weighted by Crippen LogP contribution is -1.97. The third-order valence-corrected chi connectivity index (χ3v) is 2.88. The average molecular weight is 318 g/mol. The fraction of sp³-hybridized carbons (Fsp3) is 0.111. The van der Waals surface area contributed by atoms with Crippen LogP contribution >= 0.6 is 0 Å². The van der Waals surface area contributed by atoms with E-state index in [1.54, 1.807) is 24.6 Å². The van der Waals surface area contributed by atoms with Crippen LogP contribution in [0.5, 0.6) is 11.5 Å². The van der Waals surface area contributed by atoms with E-state index in [1.807, 2.05) is 48.5 Å². The van der Waals surface area contributed by atoms with Crippen LogP contribution in [0, 0.1) is 22.7 Å². The molecule has 6 nitrogen and oxygen atoms in total. The van der Waals surface area contributed by atoms with Gasteiger partial charge in [-0.1, -0.05) is 24.3 Å². The van der Waals surface area contributed by atoms with E-state index in [9.17, 15) is 0 Å². The van der Waals surface area contributed by atoms with Crippen molar-refractivity contribution in [3.8, 4) is 23.6 Å². The average Bonchev–Trinajstić information content (AvgIpc) is 2.63. The van der Waals surface area contributed by atoms with Crippen LogP contribution in [0.25, 0.3) is 0 Å². The van der Waals surface area contributed by atoms with E-state index in [1.165, 1.54) is 0 Å². The quantitative estimate of drug-likeness (QED) is 0.579. The minimum atomic E-state index is -0.0300. The van der Waals surface area contributed by atoms with Crippen molar-refractivity contribution in [2.75, 3.05) is 13.2 Å². The molecule has 0 fully saturated rings. The highest BCUT2D eigenvalue weighted by Crippen LogP contribution is 2.17. The van der Waals surface area contributed by atoms with Crippen molar-refractivity contribution < 1.29 is 9.47 Å². The van der Waals surface area contributed by atoms with Gasteiger partial charge in [-0.15, -0.1) is 0 Å². The SMILES string of the molecule is N#CCOc1ccccc1/C=N\N=C/c1ccccc1OCC#N. The second kappa shape index (κ2) is 9.39. The highest BCUT2D eigenvalue weighted by Gasteiger charge is 2.00. The highest BCUT2D eigenvalue weighted by atomic mass is 16.5. The Labute approximate surface area is 139 Å². The van der Waals surface area contributed by atoms with Crippen molar-refractivity contribution in [2.45, 2.75) is 0 Å². The molecular weight excluding hydrogens is 304 g/mol. The second-order valence-corrected chi connectivity index (χ2v) is 4.46. The molecule has 0 aromatic heterocycles. The monoisotopic (exact) mass is 318 g/mol. The number of ether oxygens (including phenoxy) is 2. The minimum Gasteiger partial charge on any atom is -0.478 e. The summed E-state index contributed by atoms with van der Waals surface area (Å²) in [4.78, 5) is 0. The molecule has 118 valence electrons. The summed E-state index contributed by atoms with van der Waals surface area (Å²) < 4.78 is 10.6. The molecule has 2 aromatic carbocycles. The zero-order chi connectivity index (χ0) is 17.0. The lowest BCUT2D eigenvalue weighted by atomic mass is 10.2. The summed E-state index contributed by atoms with van der Waals surface area (Å²) in [5.41, 5.74) is 1.44. The topological polar surface area (TPSA) is 90.8 Å². The van der Waals surface area contributed by atoms with Gasteiger partial charge in [0.05, 0.1) is 12.4 Å². The molecule has 0 unspecified atom stereocenters. The number of benzene rings is 2. The van der Waals surface area contributed by atoms with Gasteiger partial charge in [-0.25, -0.2) is 0 Å². The van der Waals surface area contributed by atoms with Gasteiger partial charge in [0, 0.05) is 11.1 Å². The maximum Gasteiger partial charge on any atom is 0.174 e. The van der Waals surface area contributed by atoms with E-state index in [0.717, 1.165) is 11.1 Å². The molecule has 0 bridgehead atoms. The van der Waals surface area contributed by atoms with Crippen LogP contribution in [0.3, 0.4) is 0 Å². The molecular formula is C18H14N4O2. The summed E-state index contributed by atoms with van der Waals surface area (Å²) in [6.07, 6.45) is 3.09. The van der Waals surface area contributed by atoms with Gasteiger partial charge in [0.1, 0.15) is 23.6 Å². The first-order valence-corrected chi connectivity index (χ1v) is 7.09. The number of hydrogen-bond acceptors (Lipinski definition) is 6. The van der Waals surface area contributed by atoms with Crippen molar-refractivity contribution in [2.24, 2.45) is 10.2 Å². The molecule has 0 saturated heterocycles. The second-order valence-electron chi connectivity index (χ2n) is 4.46. The summed E-state index contributed by atoms with van der Waals surface area (Å²) in [5, 5.41) is 25.1. The summed E-state index contributed by atoms with van der Waals surface area (Å²) >= 11 is 0. The summed E-state index contributed by atoms with van der Waals surface area (Å²) in [7, 11) is 0. The van der Waals surface area contributed by atoms with Gasteiger partial charge in [0.2, 0.25) is 0 Å². The Morgan fingerprint density at radius 1 is 0.750 bits per heavy atom. The van der Waals surface area contributed by atoms with Crippen molar-refractivity contribution in [1.29, 1.82) is 10.5 Å². The zero-order valence-corrected chi connectivity index (χ0v) is 12.8. The maximum absolute atomic E-state index is 8.58. The third kappa shape index (κ3) is 4.97. The van der Waals surface area contributed by atoms with Crippen molar-refractivity contribution in [3.05, 3.63) is 59.7 Å². The zero-order valence-electron chi connectivity index (χ0n) is 12.8. The van der Waals surface area contributed by atoms with Gasteiger partial charge in [-0.05, 0) is 24.3 Å². The van der Waals surface area contributed by atoms with E-state index in [-0.39, 0.29) is 13.2 Å². The molecule has 0 aliphatic heterocycles. The van der Waals surface area contributed by atoms with Crippen LogP contribution in [0.1, 0.15) is 11.1 Å². The number of rotatable bonds is 7. The number of nitriles is 2. The number of hydrogen-bond donors (Lipinski definition) is 0. The van der Waals surface area contributed by atoms with E-state index in [0.29, 0.717) is 11.5 Å². The standard InChI is InChI=1S/C18H14N4O2/c19-9-11-23-17-7-3-1-5-15(17)13-21-22-14-16-6-2-4-8-18(16)24-12-10-20/h1-8,13-14H,11-12H2/b21-13-,22-14-. The number of para-hydroxylation sites is 2. The van der Waals surface area contributed by atoms with E-state index in [4.69, 9.17) is 20.0 Å². The Morgan fingerprint density at radius 2 is 1.17 bits per heavy atom. The van der Waals surface area contributed by atoms with Gasteiger partial charge < -0.3 is 9.47 Å². The summed E-state index contributed by atoms with van der Waals surface area (Å²) in [6, 6.07) is 18.3. The molecule has 0 saturated carbocycles. The first-order chi connectivity index (χ1) is 11.8. The van der Waals surface area contributed by atoms with Crippen molar-refractivity contribution >= 4 is 12.4 Å². The first-order valence-electron chi connectivity index (χ1n) is 7.09. The Hall–Kier alpha value is -3.64. The Bertz CT molecular complexity index is 747. The Kier molecular flexibility index (Phi) is 6.55. The molecule has 0 atom stereocenters. The van der Waals surface area contributed by atoms with E-state index >= 15 is 0 Å². The lowest BCUT2D eigenvalue weighted by molar-refractivity contribution is 0.367. The van der Waals surface area contributed by atoms with Crippen LogP contribution in [0.15, 0.2) is 58.7 Å². The van der Waals surface area contributed by atoms with Gasteiger partial charge >= 0.3 is 0 Å². The fourth-order valence-corrected chi connectivity index (χ4v) is 1.85. The van der Waals surface area contributed by atoms with E-state index in [2.05, 4.69) is 10.2 Å². The molecule has 0 radical (unpaired) electrons. The first kappa shape index (κ1) is 16.7. The fourth-order valence-electron chi connectivity index (χ4n) is 1.85. The predicted octanol–water partition coefficient (Wildman–Crippen LogP) is 2.94. The molecule has 0 amide bonds.